The third kappa shape index (κ3) is 4.73. The molecule has 1 aromatic heterocycles. The van der Waals surface area contributed by atoms with Crippen molar-refractivity contribution < 1.29 is 14.0 Å². The van der Waals surface area contributed by atoms with E-state index >= 15 is 0 Å². The summed E-state index contributed by atoms with van der Waals surface area (Å²) in [6, 6.07) is 33.3. The number of halogens is 1. The summed E-state index contributed by atoms with van der Waals surface area (Å²) in [5, 5.41) is 3.00. The van der Waals surface area contributed by atoms with Crippen LogP contribution in [-0.2, 0) is 6.54 Å². The number of anilines is 1. The lowest BCUT2D eigenvalue weighted by atomic mass is 10.0. The molecule has 4 nitrogen and oxygen atoms in total. The molecule has 0 fully saturated rings. The number of pyridine rings is 1. The van der Waals surface area contributed by atoms with Crippen LogP contribution in [0.3, 0.4) is 0 Å². The fourth-order valence-electron chi connectivity index (χ4n) is 5.12. The highest BCUT2D eigenvalue weighted by Gasteiger charge is 2.25. The lowest BCUT2D eigenvalue weighted by molar-refractivity contribution is -0.660. The molecule has 194 valence electrons. The lowest BCUT2D eigenvalue weighted by Crippen LogP contribution is -2.36. The van der Waals surface area contributed by atoms with Crippen molar-refractivity contribution >= 4 is 46.0 Å². The highest BCUT2D eigenvalue weighted by Crippen LogP contribution is 2.49. The number of hydrogen-bond acceptors (Lipinski definition) is 4. The molecule has 4 aromatic carbocycles. The normalized spacial score (nSPS) is 13.6. The molecule has 39 heavy (non-hydrogen) atoms. The molecule has 0 unspecified atom stereocenters. The summed E-state index contributed by atoms with van der Waals surface area (Å²) in [6.45, 7) is 0.715. The van der Waals surface area contributed by atoms with Crippen molar-refractivity contribution in [3.63, 3.8) is 0 Å². The van der Waals surface area contributed by atoms with Gasteiger partial charge in [-0.25, -0.2) is 0 Å². The van der Waals surface area contributed by atoms with Gasteiger partial charge in [-0.05, 0) is 59.1 Å². The number of fused-ring (bicyclic) bond motifs is 2. The van der Waals surface area contributed by atoms with Gasteiger partial charge in [0.05, 0.1) is 35.9 Å². The quantitative estimate of drug-likeness (QED) is 0.157. The fraction of sp³-hybridized carbons (Fsp3) is 0.121. The van der Waals surface area contributed by atoms with Crippen molar-refractivity contribution in [2.24, 2.45) is 0 Å². The molecular formula is C33H28ClN2O2S+. The van der Waals surface area contributed by atoms with Crippen LogP contribution >= 0.6 is 23.4 Å². The maximum atomic E-state index is 6.90. The van der Waals surface area contributed by atoms with Gasteiger partial charge >= 0.3 is 0 Å². The summed E-state index contributed by atoms with van der Waals surface area (Å²) >= 11 is 8.66. The summed E-state index contributed by atoms with van der Waals surface area (Å²) in [5.74, 6) is 1.58. The Bertz CT molecular complexity index is 1700. The topological polar surface area (TPSA) is 25.6 Å². The predicted molar refractivity (Wildman–Crippen MR) is 162 cm³/mol. The van der Waals surface area contributed by atoms with Gasteiger partial charge < -0.3 is 14.4 Å². The Labute approximate surface area is 238 Å². The molecule has 1 aliphatic heterocycles. The van der Waals surface area contributed by atoms with Gasteiger partial charge in [-0.3, -0.25) is 0 Å². The number of ether oxygens (including phenoxy) is 2. The zero-order valence-electron chi connectivity index (χ0n) is 22.0. The van der Waals surface area contributed by atoms with Crippen LogP contribution in [0.1, 0.15) is 11.1 Å². The average molecular weight is 552 g/mol. The summed E-state index contributed by atoms with van der Waals surface area (Å²) in [6.07, 6.45) is 2.23. The lowest BCUT2D eigenvalue weighted by Gasteiger charge is -2.16. The first-order valence-electron chi connectivity index (χ1n) is 12.7. The number of methoxy groups -OCH3 is 2. The second-order valence-electron chi connectivity index (χ2n) is 9.37. The van der Waals surface area contributed by atoms with E-state index in [1.54, 1.807) is 26.0 Å². The Morgan fingerprint density at radius 3 is 2.31 bits per heavy atom. The van der Waals surface area contributed by atoms with Gasteiger partial charge in [0.25, 0.3) is 5.15 Å². The zero-order valence-corrected chi connectivity index (χ0v) is 23.6. The largest absolute Gasteiger partial charge is 0.496 e. The van der Waals surface area contributed by atoms with Crippen LogP contribution in [-0.4, -0.2) is 21.3 Å². The highest BCUT2D eigenvalue weighted by molar-refractivity contribution is 8.03. The molecule has 6 rings (SSSR count). The maximum absolute atomic E-state index is 6.90. The second kappa shape index (κ2) is 10.7. The third-order valence-electron chi connectivity index (χ3n) is 7.08. The molecule has 0 N–H and O–H groups in total. The molecule has 2 heterocycles. The van der Waals surface area contributed by atoms with E-state index in [0.29, 0.717) is 11.7 Å². The monoisotopic (exact) mass is 551 g/mol. The summed E-state index contributed by atoms with van der Waals surface area (Å²) < 4.78 is 13.5. The Hall–Kier alpha value is -3.93. The molecule has 6 heteroatoms. The SMILES string of the molecule is COc1cccc(OC)c1-c1ccc2c(c1)SC(=Cc1cc(Cl)[n+](Cc3ccccc3)c3ccccc13)N2C. The second-order valence-corrected chi connectivity index (χ2v) is 10.8. The first-order valence-corrected chi connectivity index (χ1v) is 13.9. The molecule has 1 aliphatic rings. The van der Waals surface area contributed by atoms with Crippen LogP contribution in [0, 0.1) is 0 Å². The molecule has 0 amide bonds. The molecular weight excluding hydrogens is 524 g/mol. The van der Waals surface area contributed by atoms with E-state index in [4.69, 9.17) is 21.1 Å². The minimum atomic E-state index is 0.707. The Kier molecular flexibility index (Phi) is 6.94. The number of rotatable bonds is 6. The van der Waals surface area contributed by atoms with Gasteiger partial charge in [0.1, 0.15) is 11.5 Å². The standard InChI is InChI=1S/C33H28ClN2O2S/c1-35-27-17-16-23(33-28(37-2)14-9-15-29(33)38-3)18-30(27)39-32(35)20-24-19-31(34)36(21-22-10-5-4-6-11-22)26-13-8-7-12-25(24)26/h4-20H,21H2,1-3H3/q+1. The van der Waals surface area contributed by atoms with Gasteiger partial charge in [0, 0.05) is 29.6 Å². The minimum absolute atomic E-state index is 0.707. The van der Waals surface area contributed by atoms with Crippen LogP contribution in [0.25, 0.3) is 28.1 Å². The molecule has 0 bridgehead atoms. The van der Waals surface area contributed by atoms with Gasteiger partial charge in [-0.1, -0.05) is 66.4 Å². The van der Waals surface area contributed by atoms with E-state index in [1.165, 1.54) is 10.5 Å². The van der Waals surface area contributed by atoms with E-state index in [0.717, 1.165) is 49.8 Å². The number of hydrogen-bond donors (Lipinski definition) is 0. The summed E-state index contributed by atoms with van der Waals surface area (Å²) in [7, 11) is 5.48. The maximum Gasteiger partial charge on any atom is 0.276 e. The molecule has 0 saturated carbocycles. The van der Waals surface area contributed by atoms with Gasteiger partial charge in [0.2, 0.25) is 5.52 Å². The highest BCUT2D eigenvalue weighted by atomic mass is 35.5. The first kappa shape index (κ1) is 25.4. The van der Waals surface area contributed by atoms with E-state index < -0.39 is 0 Å². The molecule has 0 spiro atoms. The fourth-order valence-corrected chi connectivity index (χ4v) is 6.53. The molecule has 0 saturated heterocycles. The Balaban J connectivity index is 1.39. The minimum Gasteiger partial charge on any atom is -0.496 e. The van der Waals surface area contributed by atoms with E-state index in [9.17, 15) is 0 Å². The molecule has 0 aliphatic carbocycles. The van der Waals surface area contributed by atoms with Crippen molar-refractivity contribution in [1.29, 1.82) is 0 Å². The number of para-hydroxylation sites is 1. The first-order chi connectivity index (χ1) is 19.1. The predicted octanol–water partition coefficient (Wildman–Crippen LogP) is 8.05. The van der Waals surface area contributed by atoms with Crippen molar-refractivity contribution in [1.82, 2.24) is 0 Å². The molecule has 0 atom stereocenters. The van der Waals surface area contributed by atoms with Gasteiger partial charge in [-0.2, -0.15) is 4.57 Å². The zero-order chi connectivity index (χ0) is 26.9. The van der Waals surface area contributed by atoms with Crippen molar-refractivity contribution in [2.45, 2.75) is 11.4 Å². The number of thioether (sulfide) groups is 1. The van der Waals surface area contributed by atoms with Crippen LogP contribution in [0.5, 0.6) is 11.5 Å². The number of benzene rings is 4. The van der Waals surface area contributed by atoms with Crippen LogP contribution in [0.4, 0.5) is 5.69 Å². The third-order valence-corrected chi connectivity index (χ3v) is 8.54. The summed E-state index contributed by atoms with van der Waals surface area (Å²) in [4.78, 5) is 3.41. The Morgan fingerprint density at radius 2 is 1.56 bits per heavy atom. The van der Waals surface area contributed by atoms with Crippen molar-refractivity contribution in [3.05, 3.63) is 118 Å². The van der Waals surface area contributed by atoms with E-state index in [-0.39, 0.29) is 0 Å². The van der Waals surface area contributed by atoms with Crippen LogP contribution < -0.4 is 18.9 Å². The van der Waals surface area contributed by atoms with Crippen molar-refractivity contribution in [2.75, 3.05) is 26.2 Å². The van der Waals surface area contributed by atoms with E-state index in [2.05, 4.69) is 95.4 Å². The average Bonchev–Trinajstić information content (AvgIpc) is 3.29. The summed E-state index contributed by atoms with van der Waals surface area (Å²) in [5.41, 5.74) is 6.58. The van der Waals surface area contributed by atoms with Crippen LogP contribution in [0.15, 0.2) is 107 Å². The van der Waals surface area contributed by atoms with E-state index in [1.807, 2.05) is 24.3 Å². The van der Waals surface area contributed by atoms with Gasteiger partial charge in [-0.15, -0.1) is 0 Å². The van der Waals surface area contributed by atoms with Crippen LogP contribution in [0.2, 0.25) is 5.15 Å². The van der Waals surface area contributed by atoms with Crippen molar-refractivity contribution in [3.8, 4) is 22.6 Å². The Morgan fingerprint density at radius 1 is 0.846 bits per heavy atom. The smallest absolute Gasteiger partial charge is 0.276 e. The molecule has 5 aromatic rings. The van der Waals surface area contributed by atoms with Gasteiger partial charge in [0.15, 0.2) is 6.54 Å². The molecule has 0 radical (unpaired) electrons. The number of nitrogens with zero attached hydrogens (tertiary/aromatic N) is 2. The number of aromatic nitrogens is 1.